The zero-order valence-corrected chi connectivity index (χ0v) is 14.3. The summed E-state index contributed by atoms with van der Waals surface area (Å²) in [5, 5.41) is 1.23. The molecule has 1 aromatic rings. The third kappa shape index (κ3) is 4.64. The third-order valence-corrected chi connectivity index (χ3v) is 5.91. The summed E-state index contributed by atoms with van der Waals surface area (Å²) in [6.07, 6.45) is 7.21. The second-order valence-electron chi connectivity index (χ2n) is 6.37. The Morgan fingerprint density at radius 1 is 1.33 bits per heavy atom. The van der Waals surface area contributed by atoms with Crippen LogP contribution in [0.4, 0.5) is 0 Å². The highest BCUT2D eigenvalue weighted by Gasteiger charge is 2.28. The zero-order chi connectivity index (χ0) is 17.0. The van der Waals surface area contributed by atoms with Crippen LogP contribution in [0.2, 0.25) is 0 Å². The number of likely N-dealkylation sites (tertiary alicyclic amines) is 1. The lowest BCUT2D eigenvalue weighted by molar-refractivity contribution is -0.134. The monoisotopic (exact) mass is 350 g/mol. The van der Waals surface area contributed by atoms with E-state index in [9.17, 15) is 13.2 Å². The average molecular weight is 350 g/mol. The maximum absolute atomic E-state index is 12.3. The van der Waals surface area contributed by atoms with Crippen LogP contribution in [0, 0.1) is 5.92 Å². The zero-order valence-electron chi connectivity index (χ0n) is 13.5. The molecule has 6 nitrogen and oxygen atoms in total. The molecule has 1 unspecified atom stereocenters. The Kier molecular flexibility index (Phi) is 5.30. The second-order valence-corrected chi connectivity index (χ2v) is 8.31. The molecule has 2 aliphatic rings. The lowest BCUT2D eigenvalue weighted by atomic mass is 10.0. The Hall–Kier alpha value is -1.73. The van der Waals surface area contributed by atoms with Crippen LogP contribution >= 0.6 is 0 Å². The van der Waals surface area contributed by atoms with Gasteiger partial charge in [0.25, 0.3) is 0 Å². The summed E-state index contributed by atoms with van der Waals surface area (Å²) in [5.41, 5.74) is 1.05. The van der Waals surface area contributed by atoms with Crippen molar-refractivity contribution in [2.45, 2.75) is 32.0 Å². The Morgan fingerprint density at radius 3 is 2.75 bits per heavy atom. The van der Waals surface area contributed by atoms with E-state index >= 15 is 0 Å². The fourth-order valence-electron chi connectivity index (χ4n) is 3.09. The number of aromatic nitrogens is 1. The number of ether oxygens (including phenoxy) is 1. The van der Waals surface area contributed by atoms with Crippen molar-refractivity contribution in [3.63, 3.8) is 0 Å². The minimum Gasteiger partial charge on any atom is -0.373 e. The molecule has 24 heavy (non-hydrogen) atoms. The Morgan fingerprint density at radius 2 is 2.12 bits per heavy atom. The molecule has 2 aliphatic heterocycles. The smallest absolute Gasteiger partial charge is 0.223 e. The molecule has 0 N–H and O–H groups in total. The number of piperidine rings is 1. The number of hydrogen-bond acceptors (Lipinski definition) is 5. The number of carbonyl (C=O) groups excluding carboxylic acids is 1. The van der Waals surface area contributed by atoms with E-state index in [-0.39, 0.29) is 30.1 Å². The van der Waals surface area contributed by atoms with Crippen molar-refractivity contribution >= 4 is 15.7 Å². The van der Waals surface area contributed by atoms with Crippen molar-refractivity contribution in [1.29, 1.82) is 0 Å². The summed E-state index contributed by atoms with van der Waals surface area (Å²) < 4.78 is 28.7. The number of pyridine rings is 1. The molecule has 0 aromatic carbocycles. The first-order chi connectivity index (χ1) is 11.5. The van der Waals surface area contributed by atoms with Gasteiger partial charge in [-0.05, 0) is 24.5 Å². The maximum atomic E-state index is 12.3. The van der Waals surface area contributed by atoms with Crippen molar-refractivity contribution in [1.82, 2.24) is 9.88 Å². The quantitative estimate of drug-likeness (QED) is 0.805. The van der Waals surface area contributed by atoms with Gasteiger partial charge in [0.05, 0.1) is 18.5 Å². The lowest BCUT2D eigenvalue weighted by Crippen LogP contribution is -2.41. The van der Waals surface area contributed by atoms with E-state index in [2.05, 4.69) is 4.98 Å². The van der Waals surface area contributed by atoms with E-state index in [1.807, 2.05) is 17.0 Å². The van der Waals surface area contributed by atoms with Gasteiger partial charge in [-0.25, -0.2) is 8.42 Å². The standard InChI is InChI=1S/C17H22N2O4S/c20-17(10-14-5-9-24(21,22)13-14)19-7-3-16(4-8-19)23-12-15-2-1-6-18-11-15/h1-2,5-6,9,11,14,16H,3-4,7-8,10,12-13H2. The lowest BCUT2D eigenvalue weighted by Gasteiger charge is -2.32. The fourth-order valence-corrected chi connectivity index (χ4v) is 4.49. The predicted octanol–water partition coefficient (Wildman–Crippen LogP) is 1.54. The molecule has 0 aliphatic carbocycles. The molecule has 3 rings (SSSR count). The van der Waals surface area contributed by atoms with E-state index in [4.69, 9.17) is 4.74 Å². The summed E-state index contributed by atoms with van der Waals surface area (Å²) in [4.78, 5) is 18.2. The highest BCUT2D eigenvalue weighted by molar-refractivity contribution is 7.94. The molecule has 1 saturated heterocycles. The Balaban J connectivity index is 1.40. The van der Waals surface area contributed by atoms with Gasteiger partial charge in [-0.15, -0.1) is 0 Å². The predicted molar refractivity (Wildman–Crippen MR) is 89.7 cm³/mol. The highest BCUT2D eigenvalue weighted by Crippen LogP contribution is 2.21. The van der Waals surface area contributed by atoms with Crippen LogP contribution in [-0.4, -0.2) is 49.2 Å². The number of rotatable bonds is 5. The Labute approximate surface area is 142 Å². The summed E-state index contributed by atoms with van der Waals surface area (Å²) in [5.74, 6) is -0.0850. The molecule has 130 valence electrons. The molecule has 1 fully saturated rings. The minimum absolute atomic E-state index is 0.0347. The van der Waals surface area contributed by atoms with Gasteiger partial charge in [0.1, 0.15) is 0 Å². The molecule has 1 amide bonds. The van der Waals surface area contributed by atoms with E-state index in [0.29, 0.717) is 19.7 Å². The third-order valence-electron chi connectivity index (χ3n) is 4.44. The Bertz CT molecular complexity index is 695. The molecular formula is C17H22N2O4S. The number of sulfone groups is 1. The number of hydrogen-bond donors (Lipinski definition) is 0. The normalized spacial score (nSPS) is 23.5. The van der Waals surface area contributed by atoms with Crippen molar-refractivity contribution in [3.05, 3.63) is 41.6 Å². The van der Waals surface area contributed by atoms with E-state index < -0.39 is 9.84 Å². The average Bonchev–Trinajstić information content (AvgIpc) is 2.93. The van der Waals surface area contributed by atoms with Gasteiger partial charge in [-0.1, -0.05) is 12.1 Å². The molecular weight excluding hydrogens is 328 g/mol. The van der Waals surface area contributed by atoms with E-state index in [1.165, 1.54) is 5.41 Å². The number of amides is 1. The van der Waals surface area contributed by atoms with E-state index in [1.54, 1.807) is 18.5 Å². The number of carbonyl (C=O) groups is 1. The van der Waals surface area contributed by atoms with Crippen LogP contribution in [0.1, 0.15) is 24.8 Å². The molecule has 3 heterocycles. The van der Waals surface area contributed by atoms with Gasteiger partial charge in [-0.3, -0.25) is 9.78 Å². The first-order valence-electron chi connectivity index (χ1n) is 8.21. The second kappa shape index (κ2) is 7.44. The van der Waals surface area contributed by atoms with Crippen molar-refractivity contribution in [2.24, 2.45) is 5.92 Å². The van der Waals surface area contributed by atoms with Gasteiger partial charge in [-0.2, -0.15) is 0 Å². The molecule has 0 radical (unpaired) electrons. The SMILES string of the molecule is O=C(CC1C=CS(=O)(=O)C1)N1CCC(OCc2cccnc2)CC1. The van der Waals surface area contributed by atoms with Crippen LogP contribution in [0.5, 0.6) is 0 Å². The van der Waals surface area contributed by atoms with Gasteiger partial charge in [0.15, 0.2) is 9.84 Å². The van der Waals surface area contributed by atoms with Crippen LogP contribution in [-0.2, 0) is 26.0 Å². The van der Waals surface area contributed by atoms with Crippen LogP contribution in [0.3, 0.4) is 0 Å². The summed E-state index contributed by atoms with van der Waals surface area (Å²) >= 11 is 0. The highest BCUT2D eigenvalue weighted by atomic mass is 32.2. The molecule has 0 bridgehead atoms. The van der Waals surface area contributed by atoms with Crippen molar-refractivity contribution < 1.29 is 17.9 Å². The molecule has 0 saturated carbocycles. The molecule has 0 spiro atoms. The maximum Gasteiger partial charge on any atom is 0.223 e. The summed E-state index contributed by atoms with van der Waals surface area (Å²) in [6, 6.07) is 3.87. The topological polar surface area (TPSA) is 76.6 Å². The van der Waals surface area contributed by atoms with Crippen LogP contribution < -0.4 is 0 Å². The van der Waals surface area contributed by atoms with Crippen molar-refractivity contribution in [3.8, 4) is 0 Å². The van der Waals surface area contributed by atoms with Crippen LogP contribution in [0.15, 0.2) is 36.0 Å². The summed E-state index contributed by atoms with van der Waals surface area (Å²) in [6.45, 7) is 1.87. The van der Waals surface area contributed by atoms with Gasteiger partial charge < -0.3 is 9.64 Å². The number of nitrogens with zero attached hydrogens (tertiary/aromatic N) is 2. The van der Waals surface area contributed by atoms with Crippen LogP contribution in [0.25, 0.3) is 0 Å². The van der Waals surface area contributed by atoms with E-state index in [0.717, 1.165) is 18.4 Å². The fraction of sp³-hybridized carbons (Fsp3) is 0.529. The largest absolute Gasteiger partial charge is 0.373 e. The summed E-state index contributed by atoms with van der Waals surface area (Å²) in [7, 11) is -3.09. The molecule has 7 heteroatoms. The van der Waals surface area contributed by atoms with Gasteiger partial charge in [0, 0.05) is 43.2 Å². The first-order valence-corrected chi connectivity index (χ1v) is 9.92. The van der Waals surface area contributed by atoms with Crippen molar-refractivity contribution in [2.75, 3.05) is 18.8 Å². The van der Waals surface area contributed by atoms with Gasteiger partial charge >= 0.3 is 0 Å². The van der Waals surface area contributed by atoms with Gasteiger partial charge in [0.2, 0.25) is 5.91 Å². The number of allylic oxidation sites excluding steroid dienone is 1. The minimum atomic E-state index is -3.09. The first kappa shape index (κ1) is 17.1. The molecule has 1 aromatic heterocycles. The molecule has 1 atom stereocenters.